The highest BCUT2D eigenvalue weighted by Gasteiger charge is 2.38. The van der Waals surface area contributed by atoms with E-state index in [1.807, 2.05) is 0 Å². The van der Waals surface area contributed by atoms with E-state index in [0.29, 0.717) is 35.7 Å². The first-order chi connectivity index (χ1) is 16.4. The number of nitrogens with one attached hydrogen (secondary N) is 2. The number of halogens is 1. The Kier molecular flexibility index (Phi) is 6.99. The van der Waals surface area contributed by atoms with Crippen molar-refractivity contribution in [2.24, 2.45) is 11.5 Å². The summed E-state index contributed by atoms with van der Waals surface area (Å²) in [7, 11) is 1.48. The topological polar surface area (TPSA) is 132 Å². The Hall–Kier alpha value is -3.63. The number of nitrogens with zero attached hydrogens (tertiary/aromatic N) is 1. The first-order valence-electron chi connectivity index (χ1n) is 11.0. The van der Waals surface area contributed by atoms with Gasteiger partial charge in [-0.1, -0.05) is 24.3 Å². The predicted molar refractivity (Wildman–Crippen MR) is 123 cm³/mol. The highest BCUT2D eigenvalue weighted by atomic mass is 19.1. The number of carbonyl (C=O) groups excluding carboxylic acids is 2. The molecule has 180 valence electrons. The first-order valence-corrected chi connectivity index (χ1v) is 11.0. The maximum Gasteiger partial charge on any atom is 0.255 e. The van der Waals surface area contributed by atoms with Crippen LogP contribution in [0.3, 0.4) is 0 Å². The number of primary amides is 1. The summed E-state index contributed by atoms with van der Waals surface area (Å²) in [5.41, 5.74) is 16.4. The maximum atomic E-state index is 15.0. The number of carbonyl (C=O) groups is 2. The second-order valence-electron chi connectivity index (χ2n) is 8.20. The number of amides is 2. The molecule has 2 aliphatic heterocycles. The van der Waals surface area contributed by atoms with Crippen LogP contribution in [0.25, 0.3) is 0 Å². The van der Waals surface area contributed by atoms with Crippen LogP contribution >= 0.6 is 0 Å². The smallest absolute Gasteiger partial charge is 0.255 e. The van der Waals surface area contributed by atoms with Crippen molar-refractivity contribution in [1.82, 2.24) is 15.8 Å². The van der Waals surface area contributed by atoms with Gasteiger partial charge in [0.25, 0.3) is 5.91 Å². The average molecular weight is 470 g/mol. The summed E-state index contributed by atoms with van der Waals surface area (Å²) in [6.07, 6.45) is 1.71. The minimum atomic E-state index is -0.689. The fraction of sp³-hybridized carbons (Fsp3) is 0.333. The number of para-hydroxylation sites is 1. The Bertz CT molecular complexity index is 1120. The summed E-state index contributed by atoms with van der Waals surface area (Å²) in [5.74, 6) is -0.930. The second kappa shape index (κ2) is 10.1. The minimum absolute atomic E-state index is 0.0206. The number of methoxy groups -OCH3 is 1. The summed E-state index contributed by atoms with van der Waals surface area (Å²) in [6, 6.07) is 10.6. The lowest BCUT2D eigenvalue weighted by molar-refractivity contribution is -0.114. The zero-order chi connectivity index (χ0) is 24.2. The molecule has 34 heavy (non-hydrogen) atoms. The van der Waals surface area contributed by atoms with Crippen molar-refractivity contribution in [1.29, 1.82) is 0 Å². The van der Waals surface area contributed by atoms with Crippen LogP contribution < -0.4 is 26.9 Å². The third kappa shape index (κ3) is 4.68. The van der Waals surface area contributed by atoms with Crippen molar-refractivity contribution in [3.63, 3.8) is 0 Å². The molecule has 1 saturated heterocycles. The van der Waals surface area contributed by atoms with E-state index in [1.165, 1.54) is 13.2 Å². The van der Waals surface area contributed by atoms with Crippen molar-refractivity contribution >= 4 is 11.8 Å². The third-order valence-electron chi connectivity index (χ3n) is 6.06. The lowest BCUT2D eigenvalue weighted by Gasteiger charge is -2.33. The second-order valence-corrected chi connectivity index (χ2v) is 8.20. The lowest BCUT2D eigenvalue weighted by Crippen LogP contribution is -2.47. The van der Waals surface area contributed by atoms with Crippen LogP contribution in [0, 0.1) is 5.82 Å². The summed E-state index contributed by atoms with van der Waals surface area (Å²) in [4.78, 5) is 24.7. The highest BCUT2D eigenvalue weighted by molar-refractivity contribution is 5.97. The van der Waals surface area contributed by atoms with Crippen molar-refractivity contribution in [3.8, 4) is 5.75 Å². The zero-order valence-corrected chi connectivity index (χ0v) is 18.8. The average Bonchev–Trinajstić information content (AvgIpc) is 3.20. The maximum absolute atomic E-state index is 15.0. The largest absolute Gasteiger partial charge is 0.496 e. The predicted octanol–water partition coefficient (Wildman–Crippen LogP) is 1.46. The number of hydrogen-bond donors (Lipinski definition) is 4. The molecule has 2 heterocycles. The van der Waals surface area contributed by atoms with Gasteiger partial charge in [0.05, 0.1) is 36.9 Å². The van der Waals surface area contributed by atoms with E-state index in [1.54, 1.807) is 41.4 Å². The summed E-state index contributed by atoms with van der Waals surface area (Å²) in [5, 5.41) is 4.40. The van der Waals surface area contributed by atoms with Crippen LogP contribution in [0.4, 0.5) is 4.39 Å². The summed E-state index contributed by atoms with van der Waals surface area (Å²) >= 11 is 0. The van der Waals surface area contributed by atoms with Gasteiger partial charge in [0.2, 0.25) is 5.91 Å². The fourth-order valence-electron chi connectivity index (χ4n) is 4.28. The SMILES string of the molecule is COc1ccccc1C(=O)NCc1ccc(C2NN(C3CCCOC3)C(N)=C2C(N)=O)cc1F. The molecule has 10 heteroatoms. The Morgan fingerprint density at radius 3 is 2.76 bits per heavy atom. The Balaban J connectivity index is 1.50. The minimum Gasteiger partial charge on any atom is -0.496 e. The highest BCUT2D eigenvalue weighted by Crippen LogP contribution is 2.33. The lowest BCUT2D eigenvalue weighted by atomic mass is 9.98. The van der Waals surface area contributed by atoms with Crippen molar-refractivity contribution in [3.05, 3.63) is 76.4 Å². The number of benzene rings is 2. The van der Waals surface area contributed by atoms with E-state index >= 15 is 0 Å². The van der Waals surface area contributed by atoms with Gasteiger partial charge in [-0.2, -0.15) is 0 Å². The van der Waals surface area contributed by atoms with Crippen LogP contribution in [0.5, 0.6) is 5.75 Å². The Morgan fingerprint density at radius 2 is 2.09 bits per heavy atom. The Morgan fingerprint density at radius 1 is 1.29 bits per heavy atom. The van der Waals surface area contributed by atoms with Gasteiger partial charge in [-0.15, -0.1) is 0 Å². The van der Waals surface area contributed by atoms with Gasteiger partial charge in [0, 0.05) is 18.7 Å². The van der Waals surface area contributed by atoms with Crippen LogP contribution in [-0.2, 0) is 16.1 Å². The molecular formula is C24H28FN5O4. The monoisotopic (exact) mass is 469 g/mol. The molecule has 0 spiro atoms. The van der Waals surface area contributed by atoms with E-state index in [9.17, 15) is 14.0 Å². The van der Waals surface area contributed by atoms with Gasteiger partial charge < -0.3 is 26.3 Å². The molecule has 0 radical (unpaired) electrons. The van der Waals surface area contributed by atoms with Crippen LogP contribution in [0.15, 0.2) is 53.9 Å². The Labute approximate surface area is 196 Å². The zero-order valence-electron chi connectivity index (χ0n) is 18.8. The number of hydrazine groups is 1. The van der Waals surface area contributed by atoms with E-state index in [-0.39, 0.29) is 29.9 Å². The molecule has 0 aliphatic carbocycles. The number of rotatable bonds is 7. The molecule has 2 aromatic carbocycles. The normalized spacial score (nSPS) is 20.4. The molecule has 2 aromatic rings. The van der Waals surface area contributed by atoms with Gasteiger partial charge in [0.15, 0.2) is 0 Å². The van der Waals surface area contributed by atoms with Gasteiger partial charge >= 0.3 is 0 Å². The first kappa shape index (κ1) is 23.5. The van der Waals surface area contributed by atoms with Gasteiger partial charge in [-0.25, -0.2) is 9.82 Å². The quantitative estimate of drug-likeness (QED) is 0.483. The van der Waals surface area contributed by atoms with Gasteiger partial charge in [0.1, 0.15) is 17.4 Å². The van der Waals surface area contributed by atoms with E-state index in [4.69, 9.17) is 20.9 Å². The number of ether oxygens (including phenoxy) is 2. The standard InChI is InChI=1S/C24H28FN5O4/c1-33-19-7-3-2-6-17(19)24(32)28-12-15-9-8-14(11-18(15)25)21-20(23(27)31)22(26)30(29-21)16-5-4-10-34-13-16/h2-3,6-9,11,16,21,29H,4-5,10,12-13,26H2,1H3,(H2,27,31)(H,28,32). The number of hydrogen-bond acceptors (Lipinski definition) is 7. The third-order valence-corrected chi connectivity index (χ3v) is 6.06. The number of nitrogens with two attached hydrogens (primary N) is 2. The van der Waals surface area contributed by atoms with Crippen molar-refractivity contribution in [2.75, 3.05) is 20.3 Å². The van der Waals surface area contributed by atoms with E-state index in [2.05, 4.69) is 10.7 Å². The molecule has 0 saturated carbocycles. The molecule has 9 nitrogen and oxygen atoms in total. The molecule has 2 atom stereocenters. The molecule has 2 amide bonds. The van der Waals surface area contributed by atoms with Gasteiger partial charge in [-0.3, -0.25) is 14.6 Å². The molecule has 2 unspecified atom stereocenters. The van der Waals surface area contributed by atoms with Crippen molar-refractivity contribution < 1.29 is 23.5 Å². The molecular weight excluding hydrogens is 441 g/mol. The van der Waals surface area contributed by atoms with Crippen molar-refractivity contribution in [2.45, 2.75) is 31.5 Å². The molecule has 1 fully saturated rings. The van der Waals surface area contributed by atoms with E-state index in [0.717, 1.165) is 12.8 Å². The molecule has 0 bridgehead atoms. The molecule has 2 aliphatic rings. The molecule has 4 rings (SSSR count). The summed E-state index contributed by atoms with van der Waals surface area (Å²) in [6.45, 7) is 1.12. The van der Waals surface area contributed by atoms with Crippen LogP contribution in [0.2, 0.25) is 0 Å². The van der Waals surface area contributed by atoms with E-state index < -0.39 is 17.8 Å². The van der Waals surface area contributed by atoms with Gasteiger partial charge in [-0.05, 0) is 36.6 Å². The fourth-order valence-corrected chi connectivity index (χ4v) is 4.28. The summed E-state index contributed by atoms with van der Waals surface area (Å²) < 4.78 is 25.7. The van der Waals surface area contributed by atoms with Crippen LogP contribution in [0.1, 0.15) is 40.4 Å². The molecule has 6 N–H and O–H groups in total. The van der Waals surface area contributed by atoms with Crippen LogP contribution in [-0.4, -0.2) is 43.2 Å². The molecule has 0 aromatic heterocycles.